The minimum absolute atomic E-state index is 0.0300. The average molecular weight is 388 g/mol. The van der Waals surface area contributed by atoms with E-state index in [-0.39, 0.29) is 11.9 Å². The Morgan fingerprint density at radius 1 is 1.33 bits per heavy atom. The first-order valence-corrected chi connectivity index (χ1v) is 9.95. The molecule has 7 heteroatoms. The third kappa shape index (κ3) is 4.42. The number of rotatable bonds is 5. The number of carbonyl (C=O) groups is 2. The molecule has 0 fully saturated rings. The van der Waals surface area contributed by atoms with Crippen LogP contribution < -0.4 is 20.3 Å². The van der Waals surface area contributed by atoms with Gasteiger partial charge in [-0.3, -0.25) is 4.79 Å². The Bertz CT molecular complexity index is 818. The van der Waals surface area contributed by atoms with E-state index in [0.717, 1.165) is 11.3 Å². The summed E-state index contributed by atoms with van der Waals surface area (Å²) in [5, 5.41) is 7.64. The number of carbonyl (C=O) groups excluding carboxylic acids is 2. The smallest absolute Gasteiger partial charge is 0.319 e. The van der Waals surface area contributed by atoms with Gasteiger partial charge >= 0.3 is 6.03 Å². The van der Waals surface area contributed by atoms with Crippen molar-refractivity contribution in [2.45, 2.75) is 33.7 Å². The average Bonchev–Trinajstić information content (AvgIpc) is 3.13. The van der Waals surface area contributed by atoms with Crippen LogP contribution in [0.2, 0.25) is 0 Å². The zero-order chi connectivity index (χ0) is 19.4. The summed E-state index contributed by atoms with van der Waals surface area (Å²) in [7, 11) is 0. The number of urea groups is 1. The minimum Gasteiger partial charge on any atom is -0.490 e. The molecule has 0 bridgehead atoms. The molecule has 3 amide bonds. The maximum absolute atomic E-state index is 12.9. The van der Waals surface area contributed by atoms with Crippen LogP contribution in [0.5, 0.6) is 5.75 Å². The van der Waals surface area contributed by atoms with Gasteiger partial charge in [0.15, 0.2) is 0 Å². The predicted molar refractivity (Wildman–Crippen MR) is 109 cm³/mol. The molecule has 0 saturated heterocycles. The highest BCUT2D eigenvalue weighted by molar-refractivity contribution is 7.09. The molecule has 0 spiro atoms. The lowest BCUT2D eigenvalue weighted by molar-refractivity contribution is -0.127. The monoisotopic (exact) mass is 387 g/mol. The van der Waals surface area contributed by atoms with Gasteiger partial charge in [-0.05, 0) is 49.9 Å². The van der Waals surface area contributed by atoms with Gasteiger partial charge in [-0.1, -0.05) is 13.0 Å². The molecule has 2 heterocycles. The number of benzene rings is 1. The van der Waals surface area contributed by atoms with E-state index in [0.29, 0.717) is 36.8 Å². The third-order valence-corrected chi connectivity index (χ3v) is 5.25. The van der Waals surface area contributed by atoms with Crippen LogP contribution in [-0.4, -0.2) is 25.1 Å². The van der Waals surface area contributed by atoms with Crippen LogP contribution in [0.1, 0.15) is 32.1 Å². The molecule has 0 atom stereocenters. The summed E-state index contributed by atoms with van der Waals surface area (Å²) in [4.78, 5) is 28.0. The fraction of sp³-hybridized carbons (Fsp3) is 0.400. The van der Waals surface area contributed by atoms with Crippen molar-refractivity contribution < 1.29 is 14.3 Å². The summed E-state index contributed by atoms with van der Waals surface area (Å²) in [5.41, 5.74) is 0.720. The summed E-state index contributed by atoms with van der Waals surface area (Å²) in [6.07, 6.45) is 0.834. The van der Waals surface area contributed by atoms with Crippen LogP contribution in [0.3, 0.4) is 0 Å². The van der Waals surface area contributed by atoms with Gasteiger partial charge < -0.3 is 20.3 Å². The lowest BCUT2D eigenvalue weighted by Gasteiger charge is -2.27. The molecular formula is C20H25N3O3S. The van der Waals surface area contributed by atoms with Crippen molar-refractivity contribution in [3.05, 3.63) is 40.6 Å². The standard InChI is InChI=1S/C20H25N3O3S/c1-4-9-23-16-11-14(22-19(25)21-12-15-6-5-10-27-15)7-8-17(16)26-13-20(2,3)18(23)24/h5-8,10-11H,4,9,12-13H2,1-3H3,(H2,21,22,25). The number of ether oxygens (including phenoxy) is 1. The lowest BCUT2D eigenvalue weighted by atomic mass is 9.93. The fourth-order valence-electron chi connectivity index (χ4n) is 2.92. The SMILES string of the molecule is CCCN1C(=O)C(C)(C)COc2ccc(NC(=O)NCc3cccs3)cc21. The molecule has 0 unspecified atom stereocenters. The van der Waals surface area contributed by atoms with Crippen molar-refractivity contribution in [3.8, 4) is 5.75 Å². The molecule has 1 aromatic heterocycles. The van der Waals surface area contributed by atoms with Gasteiger partial charge in [0.05, 0.1) is 17.6 Å². The molecular weight excluding hydrogens is 362 g/mol. The highest BCUT2D eigenvalue weighted by atomic mass is 32.1. The molecule has 6 nitrogen and oxygen atoms in total. The molecule has 2 aromatic rings. The van der Waals surface area contributed by atoms with Gasteiger partial charge in [-0.25, -0.2) is 4.79 Å². The second kappa shape index (κ2) is 8.00. The highest BCUT2D eigenvalue weighted by Crippen LogP contribution is 2.38. The third-order valence-electron chi connectivity index (χ3n) is 4.37. The Morgan fingerprint density at radius 2 is 2.15 bits per heavy atom. The van der Waals surface area contributed by atoms with Gasteiger partial charge in [0, 0.05) is 17.1 Å². The quantitative estimate of drug-likeness (QED) is 0.806. The highest BCUT2D eigenvalue weighted by Gasteiger charge is 2.37. The van der Waals surface area contributed by atoms with E-state index < -0.39 is 5.41 Å². The Kier molecular flexibility index (Phi) is 5.70. The number of anilines is 2. The number of hydrogen-bond acceptors (Lipinski definition) is 4. The van der Waals surface area contributed by atoms with E-state index in [9.17, 15) is 9.59 Å². The summed E-state index contributed by atoms with van der Waals surface area (Å²) in [5.74, 6) is 0.689. The Labute approximate surface area is 163 Å². The van der Waals surface area contributed by atoms with Crippen molar-refractivity contribution >= 4 is 34.6 Å². The van der Waals surface area contributed by atoms with Crippen molar-refractivity contribution in [2.75, 3.05) is 23.4 Å². The van der Waals surface area contributed by atoms with Crippen molar-refractivity contribution in [3.63, 3.8) is 0 Å². The fourth-order valence-corrected chi connectivity index (χ4v) is 3.57. The van der Waals surface area contributed by atoms with Crippen LogP contribution >= 0.6 is 11.3 Å². The molecule has 0 saturated carbocycles. The van der Waals surface area contributed by atoms with Crippen LogP contribution in [0.4, 0.5) is 16.2 Å². The van der Waals surface area contributed by atoms with E-state index in [1.807, 2.05) is 44.4 Å². The summed E-state index contributed by atoms with van der Waals surface area (Å²) < 4.78 is 5.88. The molecule has 1 aliphatic heterocycles. The number of nitrogens with one attached hydrogen (secondary N) is 2. The largest absolute Gasteiger partial charge is 0.490 e. The van der Waals surface area contributed by atoms with Crippen LogP contribution in [-0.2, 0) is 11.3 Å². The van der Waals surface area contributed by atoms with Crippen LogP contribution in [0.15, 0.2) is 35.7 Å². The van der Waals surface area contributed by atoms with Gasteiger partial charge in [0.2, 0.25) is 5.91 Å². The second-order valence-corrected chi connectivity index (χ2v) is 8.23. The zero-order valence-electron chi connectivity index (χ0n) is 15.9. The molecule has 3 rings (SSSR count). The van der Waals surface area contributed by atoms with Crippen molar-refractivity contribution in [2.24, 2.45) is 5.41 Å². The van der Waals surface area contributed by atoms with Gasteiger partial charge in [0.25, 0.3) is 0 Å². The van der Waals surface area contributed by atoms with Crippen LogP contribution in [0, 0.1) is 5.41 Å². The van der Waals surface area contributed by atoms with Gasteiger partial charge in [-0.15, -0.1) is 11.3 Å². The van der Waals surface area contributed by atoms with Crippen molar-refractivity contribution in [1.82, 2.24) is 5.32 Å². The number of fused-ring (bicyclic) bond motifs is 1. The topological polar surface area (TPSA) is 70.7 Å². The molecule has 27 heavy (non-hydrogen) atoms. The maximum Gasteiger partial charge on any atom is 0.319 e. The molecule has 1 aromatic carbocycles. The number of thiophene rings is 1. The first-order valence-electron chi connectivity index (χ1n) is 9.07. The lowest BCUT2D eigenvalue weighted by Crippen LogP contribution is -2.42. The van der Waals surface area contributed by atoms with Crippen LogP contribution in [0.25, 0.3) is 0 Å². The molecule has 2 N–H and O–H groups in total. The van der Waals surface area contributed by atoms with Crippen molar-refractivity contribution in [1.29, 1.82) is 0 Å². The summed E-state index contributed by atoms with van der Waals surface area (Å²) in [6.45, 7) is 7.22. The molecule has 0 radical (unpaired) electrons. The first-order chi connectivity index (χ1) is 12.9. The second-order valence-electron chi connectivity index (χ2n) is 7.20. The first kappa shape index (κ1) is 19.2. The number of hydrogen-bond donors (Lipinski definition) is 2. The van der Waals surface area contributed by atoms with E-state index >= 15 is 0 Å². The molecule has 144 valence electrons. The van der Waals surface area contributed by atoms with Gasteiger partial charge in [-0.2, -0.15) is 0 Å². The summed E-state index contributed by atoms with van der Waals surface area (Å²) >= 11 is 1.59. The van der Waals surface area contributed by atoms with E-state index in [4.69, 9.17) is 4.74 Å². The molecule has 1 aliphatic rings. The normalized spacial score (nSPS) is 15.5. The summed E-state index contributed by atoms with van der Waals surface area (Å²) in [6, 6.07) is 9.03. The molecule has 0 aliphatic carbocycles. The Morgan fingerprint density at radius 3 is 2.85 bits per heavy atom. The van der Waals surface area contributed by atoms with E-state index in [2.05, 4.69) is 10.6 Å². The number of nitrogens with zero attached hydrogens (tertiary/aromatic N) is 1. The number of amides is 3. The van der Waals surface area contributed by atoms with E-state index in [1.54, 1.807) is 28.4 Å². The van der Waals surface area contributed by atoms with Gasteiger partial charge in [0.1, 0.15) is 12.4 Å². The predicted octanol–water partition coefficient (Wildman–Crippen LogP) is 4.23. The zero-order valence-corrected chi connectivity index (χ0v) is 16.7. The maximum atomic E-state index is 12.9. The Hall–Kier alpha value is -2.54. The van der Waals surface area contributed by atoms with E-state index in [1.165, 1.54) is 0 Å². The minimum atomic E-state index is -0.597. The Balaban J connectivity index is 1.77.